The van der Waals surface area contributed by atoms with Crippen molar-refractivity contribution >= 4 is 29.9 Å². The van der Waals surface area contributed by atoms with E-state index in [1.807, 2.05) is 42.1 Å². The average molecular weight is 553 g/mol. The number of aliphatic imine (C=N–C) groups is 1. The first-order valence-corrected chi connectivity index (χ1v) is 10.7. The molecule has 0 fully saturated rings. The number of nitrogens with one attached hydrogen (secondary N) is 2. The zero-order valence-electron chi connectivity index (χ0n) is 18.9. The average Bonchev–Trinajstić information content (AvgIpc) is 3.43. The van der Waals surface area contributed by atoms with E-state index in [1.54, 1.807) is 13.3 Å². The molecule has 3 rings (SSSR count). The smallest absolute Gasteiger partial charge is 0.226 e. The molecular weight excluding hydrogens is 521 g/mol. The Hall–Kier alpha value is -2.63. The number of rotatable bonds is 11. The normalized spacial score (nSPS) is 11.2. The second kappa shape index (κ2) is 13.7. The van der Waals surface area contributed by atoms with Crippen LogP contribution in [0.3, 0.4) is 0 Å². The Labute approximate surface area is 206 Å². The summed E-state index contributed by atoms with van der Waals surface area (Å²) in [6, 6.07) is 9.61. The Morgan fingerprint density at radius 1 is 1.12 bits per heavy atom. The van der Waals surface area contributed by atoms with Crippen LogP contribution in [0.5, 0.6) is 5.75 Å². The Balaban J connectivity index is 0.00000363. The molecule has 9 nitrogen and oxygen atoms in total. The largest absolute Gasteiger partial charge is 0.497 e. The molecule has 0 amide bonds. The van der Waals surface area contributed by atoms with Gasteiger partial charge in [-0.25, -0.2) is 4.99 Å². The zero-order chi connectivity index (χ0) is 21.9. The molecule has 0 spiro atoms. The van der Waals surface area contributed by atoms with Gasteiger partial charge >= 0.3 is 0 Å². The highest BCUT2D eigenvalue weighted by Gasteiger charge is 2.08. The lowest BCUT2D eigenvalue weighted by Crippen LogP contribution is -2.37. The minimum atomic E-state index is 0. The van der Waals surface area contributed by atoms with Crippen molar-refractivity contribution in [1.29, 1.82) is 0 Å². The molecule has 2 aromatic heterocycles. The molecular formula is C22H32IN7O2. The molecule has 32 heavy (non-hydrogen) atoms. The number of aromatic nitrogens is 4. The fourth-order valence-corrected chi connectivity index (χ4v) is 3.06. The summed E-state index contributed by atoms with van der Waals surface area (Å²) in [7, 11) is 3.57. The van der Waals surface area contributed by atoms with Gasteiger partial charge in [0.25, 0.3) is 0 Å². The van der Waals surface area contributed by atoms with E-state index < -0.39 is 0 Å². The van der Waals surface area contributed by atoms with Crippen molar-refractivity contribution in [2.75, 3.05) is 20.2 Å². The first-order chi connectivity index (χ1) is 15.2. The number of nitrogens with zero attached hydrogens (tertiary/aromatic N) is 5. The van der Waals surface area contributed by atoms with E-state index in [1.165, 1.54) is 0 Å². The van der Waals surface area contributed by atoms with Crippen LogP contribution in [-0.4, -0.2) is 46.1 Å². The molecule has 0 saturated heterocycles. The minimum absolute atomic E-state index is 0. The molecule has 174 valence electrons. The summed E-state index contributed by atoms with van der Waals surface area (Å²) in [4.78, 5) is 9.11. The maximum Gasteiger partial charge on any atom is 0.226 e. The van der Waals surface area contributed by atoms with Crippen LogP contribution >= 0.6 is 24.0 Å². The van der Waals surface area contributed by atoms with E-state index in [9.17, 15) is 0 Å². The fourth-order valence-electron chi connectivity index (χ4n) is 3.06. The Morgan fingerprint density at radius 3 is 2.62 bits per heavy atom. The van der Waals surface area contributed by atoms with Crippen molar-refractivity contribution in [2.45, 2.75) is 39.2 Å². The molecule has 3 aromatic rings. The summed E-state index contributed by atoms with van der Waals surface area (Å²) in [6.45, 7) is 4.34. The Kier molecular flexibility index (Phi) is 11.0. The molecule has 2 heterocycles. The lowest BCUT2D eigenvalue weighted by molar-refractivity contribution is 0.374. The van der Waals surface area contributed by atoms with Gasteiger partial charge in [0.1, 0.15) is 5.75 Å². The minimum Gasteiger partial charge on any atom is -0.497 e. The van der Waals surface area contributed by atoms with Gasteiger partial charge in [-0.1, -0.05) is 11.6 Å². The Morgan fingerprint density at radius 2 is 1.94 bits per heavy atom. The molecule has 2 N–H and O–H groups in total. The molecule has 0 saturated carbocycles. The van der Waals surface area contributed by atoms with Crippen LogP contribution in [0.25, 0.3) is 11.4 Å². The van der Waals surface area contributed by atoms with E-state index in [-0.39, 0.29) is 24.0 Å². The number of benzene rings is 1. The summed E-state index contributed by atoms with van der Waals surface area (Å²) in [5.41, 5.74) is 1.99. The van der Waals surface area contributed by atoms with Crippen LogP contribution in [0, 0.1) is 0 Å². The number of hydrogen-bond acceptors (Lipinski definition) is 6. The summed E-state index contributed by atoms with van der Waals surface area (Å²) in [5, 5.41) is 14.9. The van der Waals surface area contributed by atoms with Gasteiger partial charge in [-0.2, -0.15) is 10.1 Å². The predicted octanol–water partition coefficient (Wildman–Crippen LogP) is 3.56. The maximum absolute atomic E-state index is 5.39. The maximum atomic E-state index is 5.39. The summed E-state index contributed by atoms with van der Waals surface area (Å²) < 4.78 is 12.4. The van der Waals surface area contributed by atoms with Gasteiger partial charge < -0.3 is 19.9 Å². The number of unbranched alkanes of at least 4 members (excludes halogenated alkanes) is 2. The standard InChI is InChI=1S/C22H31N7O2.HI/c1-4-23-22(25-16-18-13-15-26-29(18)2)24-14-7-5-6-8-20-27-21(28-31-20)17-9-11-19(30-3)12-10-17;/h9-13,15H,4-8,14,16H2,1-3H3,(H2,23,24,25);1H. The third-order valence-electron chi connectivity index (χ3n) is 4.84. The molecule has 0 aliphatic carbocycles. The SMILES string of the molecule is CCNC(=NCc1ccnn1C)NCCCCCc1nc(-c2ccc(OC)cc2)no1.I. The van der Waals surface area contributed by atoms with Gasteiger partial charge in [-0.05, 0) is 50.1 Å². The van der Waals surface area contributed by atoms with E-state index in [2.05, 4.69) is 37.8 Å². The summed E-state index contributed by atoms with van der Waals surface area (Å²) >= 11 is 0. The van der Waals surface area contributed by atoms with Crippen molar-refractivity contribution in [1.82, 2.24) is 30.6 Å². The van der Waals surface area contributed by atoms with Crippen LogP contribution in [-0.2, 0) is 20.0 Å². The number of halogens is 1. The fraction of sp³-hybridized carbons (Fsp3) is 0.455. The summed E-state index contributed by atoms with van der Waals surface area (Å²) in [6.07, 6.45) is 5.66. The predicted molar refractivity (Wildman–Crippen MR) is 135 cm³/mol. The van der Waals surface area contributed by atoms with Gasteiger partial charge in [-0.15, -0.1) is 24.0 Å². The molecule has 0 unspecified atom stereocenters. The van der Waals surface area contributed by atoms with E-state index >= 15 is 0 Å². The van der Waals surface area contributed by atoms with Crippen molar-refractivity contribution < 1.29 is 9.26 Å². The molecule has 0 aliphatic heterocycles. The molecule has 1 aromatic carbocycles. The highest BCUT2D eigenvalue weighted by molar-refractivity contribution is 14.0. The first kappa shape index (κ1) is 25.6. The molecule has 0 radical (unpaired) electrons. The van der Waals surface area contributed by atoms with Gasteiger partial charge in [0.15, 0.2) is 5.96 Å². The number of hydrogen-bond donors (Lipinski definition) is 2. The van der Waals surface area contributed by atoms with Gasteiger partial charge in [0, 0.05) is 38.3 Å². The third kappa shape index (κ3) is 7.81. The molecule has 0 atom stereocenters. The number of guanidine groups is 1. The molecule has 0 aliphatic rings. The lowest BCUT2D eigenvalue weighted by Gasteiger charge is -2.11. The van der Waals surface area contributed by atoms with E-state index in [4.69, 9.17) is 9.26 Å². The molecule has 0 bridgehead atoms. The van der Waals surface area contributed by atoms with Crippen molar-refractivity contribution in [3.63, 3.8) is 0 Å². The second-order valence-corrected chi connectivity index (χ2v) is 7.12. The van der Waals surface area contributed by atoms with Gasteiger partial charge in [-0.3, -0.25) is 4.68 Å². The van der Waals surface area contributed by atoms with Crippen molar-refractivity contribution in [3.8, 4) is 17.1 Å². The van der Waals surface area contributed by atoms with Crippen LogP contribution in [0.2, 0.25) is 0 Å². The highest BCUT2D eigenvalue weighted by atomic mass is 127. The lowest BCUT2D eigenvalue weighted by atomic mass is 10.2. The van der Waals surface area contributed by atoms with Crippen LogP contribution in [0.1, 0.15) is 37.8 Å². The van der Waals surface area contributed by atoms with E-state index in [0.29, 0.717) is 18.3 Å². The first-order valence-electron chi connectivity index (χ1n) is 10.7. The van der Waals surface area contributed by atoms with Crippen LogP contribution in [0.15, 0.2) is 46.0 Å². The second-order valence-electron chi connectivity index (χ2n) is 7.12. The van der Waals surface area contributed by atoms with E-state index in [0.717, 1.165) is 61.7 Å². The summed E-state index contributed by atoms with van der Waals surface area (Å²) in [5.74, 6) is 2.91. The topological polar surface area (TPSA) is 102 Å². The third-order valence-corrected chi connectivity index (χ3v) is 4.84. The van der Waals surface area contributed by atoms with Gasteiger partial charge in [0.2, 0.25) is 11.7 Å². The van der Waals surface area contributed by atoms with Crippen molar-refractivity contribution in [2.24, 2.45) is 12.0 Å². The monoisotopic (exact) mass is 553 g/mol. The molecule has 10 heteroatoms. The number of methoxy groups -OCH3 is 1. The number of aryl methyl sites for hydroxylation is 2. The highest BCUT2D eigenvalue weighted by Crippen LogP contribution is 2.20. The van der Waals surface area contributed by atoms with Crippen LogP contribution < -0.4 is 15.4 Å². The quantitative estimate of drug-likeness (QED) is 0.162. The van der Waals surface area contributed by atoms with Gasteiger partial charge in [0.05, 0.1) is 19.3 Å². The van der Waals surface area contributed by atoms with Crippen molar-refractivity contribution in [3.05, 3.63) is 48.1 Å². The van der Waals surface area contributed by atoms with Crippen LogP contribution in [0.4, 0.5) is 0 Å². The zero-order valence-corrected chi connectivity index (χ0v) is 21.2. The number of ether oxygens (including phenoxy) is 1. The Bertz CT molecular complexity index is 953.